The van der Waals surface area contributed by atoms with Crippen molar-refractivity contribution in [2.75, 3.05) is 13.1 Å². The maximum atomic E-state index is 5.95. The van der Waals surface area contributed by atoms with Gasteiger partial charge in [-0.25, -0.2) is 0 Å². The predicted octanol–water partition coefficient (Wildman–Crippen LogP) is 3.01. The Bertz CT molecular complexity index is 227. The van der Waals surface area contributed by atoms with Gasteiger partial charge in [-0.05, 0) is 50.6 Å². The standard InChI is InChI=1S/C15H30N2/c1-3-17(14-9-5-4-7-12(14)2)15-10-6-8-13(15)11-16/h12-15H,3-11,16H2,1-2H3. The minimum Gasteiger partial charge on any atom is -0.330 e. The number of nitrogens with zero attached hydrogens (tertiary/aromatic N) is 1. The Morgan fingerprint density at radius 3 is 2.35 bits per heavy atom. The molecule has 2 fully saturated rings. The van der Waals surface area contributed by atoms with Crippen molar-refractivity contribution in [3.63, 3.8) is 0 Å². The molecule has 0 amide bonds. The normalized spacial score (nSPS) is 38.8. The van der Waals surface area contributed by atoms with Crippen LogP contribution in [0.1, 0.15) is 58.8 Å². The summed E-state index contributed by atoms with van der Waals surface area (Å²) in [5.41, 5.74) is 5.95. The van der Waals surface area contributed by atoms with E-state index in [0.717, 1.165) is 30.5 Å². The molecule has 0 radical (unpaired) electrons. The summed E-state index contributed by atoms with van der Waals surface area (Å²) in [5.74, 6) is 1.66. The molecule has 0 aliphatic heterocycles. The minimum absolute atomic E-state index is 0.768. The van der Waals surface area contributed by atoms with Crippen molar-refractivity contribution in [1.82, 2.24) is 4.90 Å². The second-order valence-corrected chi connectivity index (χ2v) is 6.15. The highest BCUT2D eigenvalue weighted by Gasteiger charge is 2.36. The van der Waals surface area contributed by atoms with Gasteiger partial charge >= 0.3 is 0 Å². The van der Waals surface area contributed by atoms with Crippen LogP contribution in [-0.4, -0.2) is 30.1 Å². The molecule has 2 nitrogen and oxygen atoms in total. The van der Waals surface area contributed by atoms with Crippen molar-refractivity contribution < 1.29 is 0 Å². The van der Waals surface area contributed by atoms with Crippen LogP contribution in [0.4, 0.5) is 0 Å². The fraction of sp³-hybridized carbons (Fsp3) is 1.00. The molecular formula is C15H30N2. The first-order valence-corrected chi connectivity index (χ1v) is 7.73. The lowest BCUT2D eigenvalue weighted by molar-refractivity contribution is 0.0582. The molecule has 4 unspecified atom stereocenters. The highest BCUT2D eigenvalue weighted by atomic mass is 15.2. The second-order valence-electron chi connectivity index (χ2n) is 6.15. The average Bonchev–Trinajstić information content (AvgIpc) is 2.81. The molecule has 0 spiro atoms. The van der Waals surface area contributed by atoms with Gasteiger partial charge in [-0.3, -0.25) is 4.90 Å². The van der Waals surface area contributed by atoms with Crippen LogP contribution in [0, 0.1) is 11.8 Å². The van der Waals surface area contributed by atoms with E-state index in [-0.39, 0.29) is 0 Å². The monoisotopic (exact) mass is 238 g/mol. The van der Waals surface area contributed by atoms with Gasteiger partial charge in [0.05, 0.1) is 0 Å². The van der Waals surface area contributed by atoms with Crippen molar-refractivity contribution in [3.8, 4) is 0 Å². The lowest BCUT2D eigenvalue weighted by atomic mass is 9.83. The zero-order chi connectivity index (χ0) is 12.3. The molecule has 100 valence electrons. The van der Waals surface area contributed by atoms with E-state index < -0.39 is 0 Å². The van der Waals surface area contributed by atoms with Crippen molar-refractivity contribution in [1.29, 1.82) is 0 Å². The third-order valence-corrected chi connectivity index (χ3v) is 5.21. The molecule has 2 aliphatic carbocycles. The predicted molar refractivity (Wildman–Crippen MR) is 74.0 cm³/mol. The average molecular weight is 238 g/mol. The first-order valence-electron chi connectivity index (χ1n) is 7.73. The smallest absolute Gasteiger partial charge is 0.0138 e. The maximum Gasteiger partial charge on any atom is 0.0138 e. The van der Waals surface area contributed by atoms with Crippen molar-refractivity contribution in [2.24, 2.45) is 17.6 Å². The lowest BCUT2D eigenvalue weighted by Crippen LogP contribution is -2.49. The Morgan fingerprint density at radius 2 is 1.71 bits per heavy atom. The van der Waals surface area contributed by atoms with Crippen LogP contribution < -0.4 is 5.73 Å². The van der Waals surface area contributed by atoms with Crippen LogP contribution in [0.3, 0.4) is 0 Å². The van der Waals surface area contributed by atoms with Crippen molar-refractivity contribution in [2.45, 2.75) is 70.9 Å². The molecule has 0 aromatic carbocycles. The fourth-order valence-electron chi connectivity index (χ4n) is 4.23. The van der Waals surface area contributed by atoms with Crippen LogP contribution in [0.5, 0.6) is 0 Å². The Balaban J connectivity index is 2.03. The second kappa shape index (κ2) is 6.19. The van der Waals surface area contributed by atoms with Gasteiger partial charge in [-0.2, -0.15) is 0 Å². The van der Waals surface area contributed by atoms with Crippen LogP contribution in [-0.2, 0) is 0 Å². The van der Waals surface area contributed by atoms with E-state index in [0.29, 0.717) is 0 Å². The van der Waals surface area contributed by atoms with E-state index in [1.54, 1.807) is 0 Å². The molecular weight excluding hydrogens is 208 g/mol. The van der Waals surface area contributed by atoms with Crippen LogP contribution in [0.25, 0.3) is 0 Å². The van der Waals surface area contributed by atoms with Gasteiger partial charge in [0.1, 0.15) is 0 Å². The molecule has 2 N–H and O–H groups in total. The van der Waals surface area contributed by atoms with E-state index >= 15 is 0 Å². The molecule has 0 aromatic rings. The number of rotatable bonds is 4. The van der Waals surface area contributed by atoms with Gasteiger partial charge in [0.25, 0.3) is 0 Å². The van der Waals surface area contributed by atoms with Crippen LogP contribution in [0.2, 0.25) is 0 Å². The van der Waals surface area contributed by atoms with Gasteiger partial charge in [-0.1, -0.05) is 33.1 Å². The molecule has 0 bridgehead atoms. The summed E-state index contributed by atoms with van der Waals surface area (Å²) in [7, 11) is 0. The largest absolute Gasteiger partial charge is 0.330 e. The van der Waals surface area contributed by atoms with E-state index in [4.69, 9.17) is 5.73 Å². The Kier molecular flexibility index (Phi) is 4.87. The van der Waals surface area contributed by atoms with E-state index in [1.807, 2.05) is 0 Å². The molecule has 0 heterocycles. The van der Waals surface area contributed by atoms with Crippen LogP contribution in [0.15, 0.2) is 0 Å². The van der Waals surface area contributed by atoms with Gasteiger partial charge in [0.2, 0.25) is 0 Å². The first-order chi connectivity index (χ1) is 8.27. The number of hydrogen-bond donors (Lipinski definition) is 1. The van der Waals surface area contributed by atoms with Crippen molar-refractivity contribution in [3.05, 3.63) is 0 Å². The van der Waals surface area contributed by atoms with E-state index in [9.17, 15) is 0 Å². The minimum atomic E-state index is 0.768. The molecule has 2 aliphatic rings. The molecule has 0 saturated heterocycles. The number of nitrogens with two attached hydrogens (primary N) is 1. The zero-order valence-electron chi connectivity index (χ0n) is 11.7. The Morgan fingerprint density at radius 1 is 1.00 bits per heavy atom. The summed E-state index contributed by atoms with van der Waals surface area (Å²) in [6.07, 6.45) is 9.87. The SMILES string of the molecule is CCN(C1CCCCC1C)C1CCCC1CN. The third-order valence-electron chi connectivity index (χ3n) is 5.21. The Hall–Kier alpha value is -0.0800. The maximum absolute atomic E-state index is 5.95. The molecule has 2 saturated carbocycles. The third kappa shape index (κ3) is 2.85. The highest BCUT2D eigenvalue weighted by molar-refractivity contribution is 4.91. The quantitative estimate of drug-likeness (QED) is 0.816. The zero-order valence-corrected chi connectivity index (χ0v) is 11.7. The summed E-state index contributed by atoms with van der Waals surface area (Å²) in [5, 5.41) is 0. The van der Waals surface area contributed by atoms with E-state index in [2.05, 4.69) is 18.7 Å². The van der Waals surface area contributed by atoms with Crippen molar-refractivity contribution >= 4 is 0 Å². The summed E-state index contributed by atoms with van der Waals surface area (Å²) in [6.45, 7) is 6.91. The summed E-state index contributed by atoms with van der Waals surface area (Å²) >= 11 is 0. The fourth-order valence-corrected chi connectivity index (χ4v) is 4.23. The Labute approximate surface area is 107 Å². The molecule has 2 rings (SSSR count). The highest BCUT2D eigenvalue weighted by Crippen LogP contribution is 2.35. The first kappa shape index (κ1) is 13.4. The van der Waals surface area contributed by atoms with Gasteiger partial charge in [0, 0.05) is 12.1 Å². The summed E-state index contributed by atoms with van der Waals surface area (Å²) in [6, 6.07) is 1.63. The molecule has 2 heteroatoms. The number of hydrogen-bond acceptors (Lipinski definition) is 2. The topological polar surface area (TPSA) is 29.3 Å². The van der Waals surface area contributed by atoms with Gasteiger partial charge < -0.3 is 5.73 Å². The van der Waals surface area contributed by atoms with Gasteiger partial charge in [0.15, 0.2) is 0 Å². The molecule has 4 atom stereocenters. The van der Waals surface area contributed by atoms with Gasteiger partial charge in [-0.15, -0.1) is 0 Å². The molecule has 17 heavy (non-hydrogen) atoms. The van der Waals surface area contributed by atoms with Crippen LogP contribution >= 0.6 is 0 Å². The lowest BCUT2D eigenvalue weighted by Gasteiger charge is -2.43. The van der Waals surface area contributed by atoms with E-state index in [1.165, 1.54) is 51.5 Å². The summed E-state index contributed by atoms with van der Waals surface area (Å²) in [4.78, 5) is 2.81. The molecule has 0 aromatic heterocycles. The summed E-state index contributed by atoms with van der Waals surface area (Å²) < 4.78 is 0.